The molecule has 0 bridgehead atoms. The van der Waals surface area contributed by atoms with Gasteiger partial charge in [0.15, 0.2) is 5.84 Å². The molecule has 12 aromatic rings. The minimum Gasteiger partial charge on any atom is -0.383 e. The molecule has 7 heteroatoms. The number of amidine groups is 2. The summed E-state index contributed by atoms with van der Waals surface area (Å²) in [6, 6.07) is 70.7. The van der Waals surface area contributed by atoms with Crippen molar-refractivity contribution < 1.29 is 0 Å². The Hall–Kier alpha value is -8.13. The van der Waals surface area contributed by atoms with Crippen LogP contribution in [0, 0.1) is 0 Å². The van der Waals surface area contributed by atoms with E-state index in [2.05, 4.69) is 143 Å². The van der Waals surface area contributed by atoms with Crippen LogP contribution in [0.5, 0.6) is 0 Å². The topological polar surface area (TPSA) is 73.5 Å². The lowest BCUT2D eigenvalue weighted by molar-refractivity contribution is 1.05. The summed E-state index contributed by atoms with van der Waals surface area (Å²) in [5, 5.41) is 6.08. The highest BCUT2D eigenvalue weighted by Crippen LogP contribution is 2.40. The lowest BCUT2D eigenvalue weighted by atomic mass is 10.0. The highest BCUT2D eigenvalue weighted by atomic mass is 32.1. The van der Waals surface area contributed by atoms with Crippen molar-refractivity contribution in [3.05, 3.63) is 223 Å². The van der Waals surface area contributed by atoms with E-state index in [-0.39, 0.29) is 0 Å². The molecule has 0 spiro atoms. The number of pyridine rings is 1. The first kappa shape index (κ1) is 36.7. The predicted octanol–water partition coefficient (Wildman–Crippen LogP) is 13.7. The zero-order valence-electron chi connectivity index (χ0n) is 34.1. The molecule has 0 atom stereocenters. The van der Waals surface area contributed by atoms with Gasteiger partial charge in [0.2, 0.25) is 0 Å². The van der Waals surface area contributed by atoms with Gasteiger partial charge in [-0.2, -0.15) is 0 Å². The first-order chi connectivity index (χ1) is 31.1. The van der Waals surface area contributed by atoms with Crippen LogP contribution in [0.15, 0.2) is 216 Å². The molecule has 0 fully saturated rings. The standard InChI is InChI=1S/C56H38N6S/c57-55(37-12-3-1-4-13-37)60-56(38-14-5-2-6-15-38)59-35-36-21-25-41(26-22-36)61-48-18-9-7-16-43(48)45-32-39(23-28-50(45)61)40-24-29-51-46(33-40)44-17-8-10-19-49(44)62(51)42-27-30-52-47(34-42)54-53(63-52)20-11-31-58-54/h1-34H,35H2,(H2,57,59,60). The highest BCUT2D eigenvalue weighted by molar-refractivity contribution is 7.25. The number of nitrogens with two attached hydrogens (primary N) is 1. The molecule has 0 unspecified atom stereocenters. The number of aromatic nitrogens is 3. The van der Waals surface area contributed by atoms with Crippen LogP contribution in [0.1, 0.15) is 16.7 Å². The molecule has 6 nitrogen and oxygen atoms in total. The van der Waals surface area contributed by atoms with Crippen LogP contribution in [0.2, 0.25) is 0 Å². The van der Waals surface area contributed by atoms with Crippen molar-refractivity contribution in [2.75, 3.05) is 0 Å². The van der Waals surface area contributed by atoms with E-state index in [0.29, 0.717) is 18.2 Å². The Morgan fingerprint density at radius 2 is 1.05 bits per heavy atom. The minimum absolute atomic E-state index is 0.436. The van der Waals surface area contributed by atoms with E-state index in [1.54, 1.807) is 11.3 Å². The van der Waals surface area contributed by atoms with Crippen LogP contribution in [-0.2, 0) is 6.54 Å². The Balaban J connectivity index is 0.902. The first-order valence-electron chi connectivity index (χ1n) is 21.1. The van der Waals surface area contributed by atoms with Gasteiger partial charge < -0.3 is 14.9 Å². The molecule has 0 aliphatic rings. The van der Waals surface area contributed by atoms with E-state index in [4.69, 9.17) is 20.7 Å². The van der Waals surface area contributed by atoms with E-state index < -0.39 is 0 Å². The molecule has 0 amide bonds. The van der Waals surface area contributed by atoms with Gasteiger partial charge in [0, 0.05) is 60.3 Å². The summed E-state index contributed by atoms with van der Waals surface area (Å²) in [6.07, 6.45) is 1.89. The molecule has 63 heavy (non-hydrogen) atoms. The number of benzene rings is 8. The molecule has 298 valence electrons. The normalized spacial score (nSPS) is 12.4. The molecule has 2 N–H and O–H groups in total. The average Bonchev–Trinajstić information content (AvgIpc) is 4.00. The van der Waals surface area contributed by atoms with Gasteiger partial charge in [0.25, 0.3) is 0 Å². The SMILES string of the molecule is NC(=NC(=NCc1ccc(-n2c3ccccc3c3cc(-c4ccc5c(c4)c4ccccc4n5-c4ccc5sc6cccnc6c5c4)ccc32)cc1)c1ccccc1)c1ccccc1. The average molecular weight is 827 g/mol. The van der Waals surface area contributed by atoms with E-state index >= 15 is 0 Å². The summed E-state index contributed by atoms with van der Waals surface area (Å²) < 4.78 is 7.22. The molecule has 0 radical (unpaired) electrons. The van der Waals surface area contributed by atoms with Crippen LogP contribution >= 0.6 is 11.3 Å². The van der Waals surface area contributed by atoms with Crippen molar-refractivity contribution in [1.82, 2.24) is 14.1 Å². The summed E-state index contributed by atoms with van der Waals surface area (Å²) in [4.78, 5) is 14.5. The molecule has 8 aromatic carbocycles. The van der Waals surface area contributed by atoms with Gasteiger partial charge in [-0.05, 0) is 95.6 Å². The van der Waals surface area contributed by atoms with E-state index in [1.165, 1.54) is 58.5 Å². The van der Waals surface area contributed by atoms with Crippen molar-refractivity contribution in [2.24, 2.45) is 15.7 Å². The Kier molecular flexibility index (Phi) is 8.79. The van der Waals surface area contributed by atoms with E-state index in [9.17, 15) is 0 Å². The first-order valence-corrected chi connectivity index (χ1v) is 21.9. The van der Waals surface area contributed by atoms with Gasteiger partial charge in [-0.1, -0.05) is 121 Å². The van der Waals surface area contributed by atoms with Crippen LogP contribution in [-0.4, -0.2) is 25.8 Å². The molecule has 4 aromatic heterocycles. The molecule has 0 saturated heterocycles. The van der Waals surface area contributed by atoms with Gasteiger partial charge in [-0.15, -0.1) is 11.3 Å². The third-order valence-electron chi connectivity index (χ3n) is 12.1. The second kappa shape index (κ2) is 15.1. The molecular weight excluding hydrogens is 789 g/mol. The fraction of sp³-hybridized carbons (Fsp3) is 0.0179. The van der Waals surface area contributed by atoms with Crippen molar-refractivity contribution in [2.45, 2.75) is 6.54 Å². The van der Waals surface area contributed by atoms with Crippen molar-refractivity contribution >= 4 is 86.9 Å². The zero-order valence-corrected chi connectivity index (χ0v) is 34.9. The number of hydrogen-bond donors (Lipinski definition) is 1. The van der Waals surface area contributed by atoms with Crippen molar-refractivity contribution in [3.63, 3.8) is 0 Å². The third kappa shape index (κ3) is 6.37. The third-order valence-corrected chi connectivity index (χ3v) is 13.2. The van der Waals surface area contributed by atoms with Gasteiger partial charge in [0.05, 0.1) is 38.8 Å². The Labute approximate surface area is 367 Å². The summed E-state index contributed by atoms with van der Waals surface area (Å²) in [6.45, 7) is 0.466. The number of para-hydroxylation sites is 2. The maximum Gasteiger partial charge on any atom is 0.157 e. The quantitative estimate of drug-likeness (QED) is 0.128. The van der Waals surface area contributed by atoms with Crippen LogP contribution in [0.3, 0.4) is 0 Å². The largest absolute Gasteiger partial charge is 0.383 e. The lowest BCUT2D eigenvalue weighted by Crippen LogP contribution is -2.16. The fourth-order valence-electron chi connectivity index (χ4n) is 9.07. The molecule has 12 rings (SSSR count). The second-order valence-corrected chi connectivity index (χ2v) is 16.9. The van der Waals surface area contributed by atoms with E-state index in [0.717, 1.165) is 44.6 Å². The smallest absolute Gasteiger partial charge is 0.157 e. The summed E-state index contributed by atoms with van der Waals surface area (Å²) in [7, 11) is 0. The lowest BCUT2D eigenvalue weighted by Gasteiger charge is -2.10. The van der Waals surface area contributed by atoms with Gasteiger partial charge in [0.1, 0.15) is 5.84 Å². The zero-order chi connectivity index (χ0) is 41.9. The van der Waals surface area contributed by atoms with Gasteiger partial charge in [-0.25, -0.2) is 4.99 Å². The molecule has 0 saturated carbocycles. The van der Waals surface area contributed by atoms with Crippen LogP contribution in [0.25, 0.3) is 86.4 Å². The number of fused-ring (bicyclic) bond motifs is 9. The molecule has 0 aliphatic carbocycles. The monoisotopic (exact) mass is 826 g/mol. The van der Waals surface area contributed by atoms with Crippen LogP contribution < -0.4 is 5.73 Å². The maximum atomic E-state index is 6.46. The predicted molar refractivity (Wildman–Crippen MR) is 265 cm³/mol. The summed E-state index contributed by atoms with van der Waals surface area (Å²) in [5.41, 5.74) is 19.7. The van der Waals surface area contributed by atoms with Crippen LogP contribution in [0.4, 0.5) is 0 Å². The molecular formula is C56H38N6S. The van der Waals surface area contributed by atoms with Crippen molar-refractivity contribution in [1.29, 1.82) is 0 Å². The Bertz CT molecular complexity index is 3760. The van der Waals surface area contributed by atoms with Gasteiger partial charge >= 0.3 is 0 Å². The number of hydrogen-bond acceptors (Lipinski definition) is 3. The number of thiophene rings is 1. The van der Waals surface area contributed by atoms with E-state index in [1.807, 2.05) is 72.9 Å². The number of aliphatic imine (C=N–C) groups is 2. The number of nitrogens with zero attached hydrogens (tertiary/aromatic N) is 5. The second-order valence-electron chi connectivity index (χ2n) is 15.8. The van der Waals surface area contributed by atoms with Gasteiger partial charge in [-0.3, -0.25) is 9.98 Å². The molecule has 0 aliphatic heterocycles. The maximum absolute atomic E-state index is 6.46. The number of rotatable bonds is 7. The highest BCUT2D eigenvalue weighted by Gasteiger charge is 2.17. The summed E-state index contributed by atoms with van der Waals surface area (Å²) in [5.74, 6) is 1.04. The Morgan fingerprint density at radius 3 is 1.71 bits per heavy atom. The Morgan fingerprint density at radius 1 is 0.476 bits per heavy atom. The fourth-order valence-corrected chi connectivity index (χ4v) is 10.1. The summed E-state index contributed by atoms with van der Waals surface area (Å²) >= 11 is 1.79. The molecule has 4 heterocycles. The minimum atomic E-state index is 0.436. The van der Waals surface area contributed by atoms with Crippen molar-refractivity contribution in [3.8, 4) is 22.5 Å².